The molecule has 0 aliphatic heterocycles. The number of carbonyl (C=O) groups is 1. The van der Waals surface area contributed by atoms with Gasteiger partial charge in [0.1, 0.15) is 0 Å². The van der Waals surface area contributed by atoms with Crippen LogP contribution in [-0.4, -0.2) is 15.6 Å². The molecule has 1 aromatic heterocycles. The quantitative estimate of drug-likeness (QED) is 0.475. The fraction of sp³-hybridized carbons (Fsp3) is 0.125. The lowest BCUT2D eigenvalue weighted by Gasteiger charge is -1.94. The third kappa shape index (κ3) is 3.78. The van der Waals surface area contributed by atoms with Crippen molar-refractivity contribution in [1.82, 2.24) is 9.78 Å². The predicted molar refractivity (Wildman–Crippen MR) is 76.8 cm³/mol. The number of nitrogens with zero attached hydrogens (tertiary/aromatic N) is 2. The molecule has 0 bridgehead atoms. The molecule has 3 heteroatoms. The van der Waals surface area contributed by atoms with Crippen LogP contribution in [0, 0.1) is 0 Å². The highest BCUT2D eigenvalue weighted by molar-refractivity contribution is 6.04. The molecule has 0 saturated carbocycles. The van der Waals surface area contributed by atoms with Crippen LogP contribution in [0.1, 0.15) is 22.8 Å². The summed E-state index contributed by atoms with van der Waals surface area (Å²) in [4.78, 5) is 11.8. The highest BCUT2D eigenvalue weighted by Crippen LogP contribution is 2.08. The van der Waals surface area contributed by atoms with Crippen LogP contribution < -0.4 is 0 Å². The van der Waals surface area contributed by atoms with Crippen molar-refractivity contribution < 1.29 is 4.79 Å². The Hall–Kier alpha value is -2.42. The average molecular weight is 252 g/mol. The third-order valence-electron chi connectivity index (χ3n) is 2.68. The summed E-state index contributed by atoms with van der Waals surface area (Å²) in [6.45, 7) is 1.97. The van der Waals surface area contributed by atoms with Gasteiger partial charge in [-0.1, -0.05) is 48.1 Å². The third-order valence-corrected chi connectivity index (χ3v) is 2.68. The first-order chi connectivity index (χ1) is 9.15. The maximum Gasteiger partial charge on any atom is 0.188 e. The number of aromatic nitrogens is 2. The maximum atomic E-state index is 11.8. The second kappa shape index (κ2) is 5.96. The fourth-order valence-electron chi connectivity index (χ4n) is 1.71. The van der Waals surface area contributed by atoms with Gasteiger partial charge in [-0.25, -0.2) is 0 Å². The van der Waals surface area contributed by atoms with Crippen molar-refractivity contribution in [3.8, 4) is 0 Å². The van der Waals surface area contributed by atoms with Crippen LogP contribution >= 0.6 is 0 Å². The van der Waals surface area contributed by atoms with Gasteiger partial charge in [-0.3, -0.25) is 9.48 Å². The number of rotatable bonds is 4. The molecule has 0 N–H and O–H groups in total. The molecule has 19 heavy (non-hydrogen) atoms. The zero-order valence-electron chi connectivity index (χ0n) is 11.1. The maximum absolute atomic E-state index is 11.8. The second-order valence-corrected chi connectivity index (χ2v) is 4.40. The molecule has 1 heterocycles. The van der Waals surface area contributed by atoms with E-state index in [0.717, 1.165) is 11.1 Å². The van der Waals surface area contributed by atoms with E-state index in [9.17, 15) is 4.79 Å². The Morgan fingerprint density at radius 3 is 2.58 bits per heavy atom. The molecule has 0 spiro atoms. The molecule has 0 radical (unpaired) electrons. The Kier molecular flexibility index (Phi) is 4.08. The number of benzene rings is 1. The highest BCUT2D eigenvalue weighted by Gasteiger charge is 2.03. The minimum atomic E-state index is -0.0334. The van der Waals surface area contributed by atoms with Gasteiger partial charge in [-0.2, -0.15) is 5.10 Å². The Balaban J connectivity index is 2.06. The van der Waals surface area contributed by atoms with Crippen molar-refractivity contribution in [3.05, 3.63) is 71.6 Å². The summed E-state index contributed by atoms with van der Waals surface area (Å²) in [5.41, 5.74) is 2.76. The van der Waals surface area contributed by atoms with Crippen LogP contribution in [0.2, 0.25) is 0 Å². The standard InChI is InChI=1S/C16H16N2O/c1-13(10-14-6-4-3-5-7-14)8-9-16(19)15-11-17-18(2)12-15/h3-12H,1-2H3/b9-8-,13-10+. The molecule has 0 atom stereocenters. The Morgan fingerprint density at radius 1 is 1.21 bits per heavy atom. The molecular formula is C16H16N2O. The summed E-state index contributed by atoms with van der Waals surface area (Å²) in [7, 11) is 1.79. The molecule has 96 valence electrons. The van der Waals surface area contributed by atoms with E-state index >= 15 is 0 Å². The average Bonchev–Trinajstić information content (AvgIpc) is 2.84. The van der Waals surface area contributed by atoms with E-state index in [-0.39, 0.29) is 5.78 Å². The molecular weight excluding hydrogens is 236 g/mol. The SMILES string of the molecule is CC(/C=C\C(=O)c1cnn(C)c1)=C\c1ccccc1. The van der Waals surface area contributed by atoms with E-state index in [1.807, 2.05) is 49.4 Å². The number of hydrogen-bond acceptors (Lipinski definition) is 2. The van der Waals surface area contributed by atoms with E-state index in [4.69, 9.17) is 0 Å². The van der Waals surface area contributed by atoms with E-state index in [0.29, 0.717) is 5.56 Å². The lowest BCUT2D eigenvalue weighted by Crippen LogP contribution is -1.92. The number of carbonyl (C=O) groups excluding carboxylic acids is 1. The van der Waals surface area contributed by atoms with Crippen molar-refractivity contribution in [2.45, 2.75) is 6.92 Å². The van der Waals surface area contributed by atoms with Gasteiger partial charge in [0.15, 0.2) is 5.78 Å². The van der Waals surface area contributed by atoms with Gasteiger partial charge in [-0.05, 0) is 18.6 Å². The molecule has 0 saturated heterocycles. The lowest BCUT2D eigenvalue weighted by atomic mass is 10.1. The van der Waals surface area contributed by atoms with Crippen LogP contribution in [0.5, 0.6) is 0 Å². The summed E-state index contributed by atoms with van der Waals surface area (Å²) in [6, 6.07) is 10.0. The minimum Gasteiger partial charge on any atom is -0.289 e. The molecule has 1 aromatic carbocycles. The molecule has 2 rings (SSSR count). The number of allylic oxidation sites excluding steroid dienone is 3. The van der Waals surface area contributed by atoms with Gasteiger partial charge < -0.3 is 0 Å². The van der Waals surface area contributed by atoms with Crippen molar-refractivity contribution >= 4 is 11.9 Å². The first-order valence-electron chi connectivity index (χ1n) is 6.09. The van der Waals surface area contributed by atoms with Gasteiger partial charge in [-0.15, -0.1) is 0 Å². The van der Waals surface area contributed by atoms with E-state index in [2.05, 4.69) is 5.10 Å². The molecule has 2 aromatic rings. The first-order valence-corrected chi connectivity index (χ1v) is 6.09. The van der Waals surface area contributed by atoms with Gasteiger partial charge in [0.05, 0.1) is 11.8 Å². The monoisotopic (exact) mass is 252 g/mol. The minimum absolute atomic E-state index is 0.0334. The van der Waals surface area contributed by atoms with E-state index in [1.165, 1.54) is 0 Å². The summed E-state index contributed by atoms with van der Waals surface area (Å²) in [6.07, 6.45) is 8.72. The van der Waals surface area contributed by atoms with Crippen LogP contribution in [-0.2, 0) is 7.05 Å². The normalized spacial score (nSPS) is 12.0. The predicted octanol–water partition coefficient (Wildman–Crippen LogP) is 3.26. The van der Waals surface area contributed by atoms with E-state index < -0.39 is 0 Å². The van der Waals surface area contributed by atoms with Crippen LogP contribution in [0.25, 0.3) is 6.08 Å². The Morgan fingerprint density at radius 2 is 1.95 bits per heavy atom. The molecule has 0 fully saturated rings. The van der Waals surface area contributed by atoms with Crippen LogP contribution in [0.15, 0.2) is 60.5 Å². The summed E-state index contributed by atoms with van der Waals surface area (Å²) >= 11 is 0. The van der Waals surface area contributed by atoms with Crippen molar-refractivity contribution in [2.24, 2.45) is 7.05 Å². The number of hydrogen-bond donors (Lipinski definition) is 0. The molecule has 0 aliphatic carbocycles. The van der Waals surface area contributed by atoms with Crippen LogP contribution in [0.3, 0.4) is 0 Å². The summed E-state index contributed by atoms with van der Waals surface area (Å²) in [5, 5.41) is 3.98. The van der Waals surface area contributed by atoms with Gasteiger partial charge in [0.25, 0.3) is 0 Å². The van der Waals surface area contributed by atoms with Gasteiger partial charge in [0, 0.05) is 13.2 Å². The first kappa shape index (κ1) is 13.0. The highest BCUT2D eigenvalue weighted by atomic mass is 16.1. The fourth-order valence-corrected chi connectivity index (χ4v) is 1.71. The van der Waals surface area contributed by atoms with Gasteiger partial charge >= 0.3 is 0 Å². The lowest BCUT2D eigenvalue weighted by molar-refractivity contribution is 0.104. The largest absolute Gasteiger partial charge is 0.289 e. The molecule has 0 unspecified atom stereocenters. The van der Waals surface area contributed by atoms with Crippen LogP contribution in [0.4, 0.5) is 0 Å². The molecule has 0 aliphatic rings. The summed E-state index contributed by atoms with van der Waals surface area (Å²) < 4.78 is 1.62. The smallest absolute Gasteiger partial charge is 0.188 e. The van der Waals surface area contributed by atoms with E-state index in [1.54, 1.807) is 30.2 Å². The zero-order valence-corrected chi connectivity index (χ0v) is 11.1. The van der Waals surface area contributed by atoms with Crippen molar-refractivity contribution in [2.75, 3.05) is 0 Å². The molecule has 3 nitrogen and oxygen atoms in total. The van der Waals surface area contributed by atoms with Crippen molar-refractivity contribution in [3.63, 3.8) is 0 Å². The second-order valence-electron chi connectivity index (χ2n) is 4.40. The summed E-state index contributed by atoms with van der Waals surface area (Å²) in [5.74, 6) is -0.0334. The van der Waals surface area contributed by atoms with Crippen molar-refractivity contribution in [1.29, 1.82) is 0 Å². The van der Waals surface area contributed by atoms with Gasteiger partial charge in [0.2, 0.25) is 0 Å². The number of ketones is 1. The Bertz CT molecular complexity index is 621. The topological polar surface area (TPSA) is 34.9 Å². The zero-order chi connectivity index (χ0) is 13.7. The number of aryl methyl sites for hydroxylation is 1. The Labute approximate surface area is 112 Å². The molecule has 0 amide bonds.